The van der Waals surface area contributed by atoms with Crippen LogP contribution in [0.25, 0.3) is 0 Å². The average molecular weight is 276 g/mol. The zero-order chi connectivity index (χ0) is 14.8. The van der Waals surface area contributed by atoms with Gasteiger partial charge in [0.2, 0.25) is 11.8 Å². The van der Waals surface area contributed by atoms with Crippen LogP contribution in [0.3, 0.4) is 0 Å². The van der Waals surface area contributed by atoms with E-state index in [0.717, 1.165) is 0 Å². The Bertz CT molecular complexity index is 526. The third-order valence-corrected chi connectivity index (χ3v) is 3.37. The number of carbonyl (C=O) groups is 2. The number of rotatable bonds is 5. The number of nitrogens with zero attached hydrogens (tertiary/aromatic N) is 1. The summed E-state index contributed by atoms with van der Waals surface area (Å²) in [5, 5.41) is 0. The Morgan fingerprint density at radius 3 is 2.70 bits per heavy atom. The van der Waals surface area contributed by atoms with E-state index in [1.165, 1.54) is 4.90 Å². The molecule has 2 amide bonds. The van der Waals surface area contributed by atoms with Crippen LogP contribution in [0.5, 0.6) is 5.75 Å². The molecule has 2 N–H and O–H groups in total. The highest BCUT2D eigenvalue weighted by Gasteiger charge is 2.44. The van der Waals surface area contributed by atoms with E-state index in [2.05, 4.69) is 0 Å². The summed E-state index contributed by atoms with van der Waals surface area (Å²) < 4.78 is 5.54. The minimum absolute atomic E-state index is 0.0912. The van der Waals surface area contributed by atoms with E-state index in [9.17, 15) is 9.59 Å². The maximum atomic E-state index is 12.0. The van der Waals surface area contributed by atoms with Crippen molar-refractivity contribution in [2.75, 3.05) is 18.9 Å². The zero-order valence-corrected chi connectivity index (χ0v) is 11.9. The van der Waals surface area contributed by atoms with Gasteiger partial charge in [-0.1, -0.05) is 19.9 Å². The fourth-order valence-electron chi connectivity index (χ4n) is 2.27. The highest BCUT2D eigenvalue weighted by atomic mass is 16.5. The highest BCUT2D eigenvalue weighted by molar-refractivity contribution is 6.05. The van der Waals surface area contributed by atoms with Gasteiger partial charge in [-0.25, -0.2) is 0 Å². The first-order chi connectivity index (χ1) is 9.40. The fourth-order valence-corrected chi connectivity index (χ4v) is 2.27. The van der Waals surface area contributed by atoms with E-state index in [1.807, 2.05) is 12.1 Å². The van der Waals surface area contributed by atoms with Crippen molar-refractivity contribution in [1.29, 1.82) is 0 Å². The Hall–Kier alpha value is -2.04. The first-order valence-corrected chi connectivity index (χ1v) is 6.73. The Kier molecular flexibility index (Phi) is 3.97. The Labute approximate surface area is 118 Å². The molecule has 1 saturated heterocycles. The molecule has 1 fully saturated rings. The van der Waals surface area contributed by atoms with Gasteiger partial charge < -0.3 is 10.5 Å². The minimum Gasteiger partial charge on any atom is -0.493 e. The first-order valence-electron chi connectivity index (χ1n) is 6.73. The molecular formula is C15H20N2O3. The largest absolute Gasteiger partial charge is 0.493 e. The van der Waals surface area contributed by atoms with Gasteiger partial charge in [-0.05, 0) is 18.6 Å². The van der Waals surface area contributed by atoms with Gasteiger partial charge >= 0.3 is 0 Å². The lowest BCUT2D eigenvalue weighted by atomic mass is 9.92. The SMILES string of the molecule is CC1(C)CC(=O)N(CCCOc2cccc(N)c2)C1=O. The summed E-state index contributed by atoms with van der Waals surface area (Å²) in [5.74, 6) is 0.514. The average Bonchev–Trinajstić information content (AvgIpc) is 2.56. The molecule has 5 nitrogen and oxygen atoms in total. The van der Waals surface area contributed by atoms with Crippen molar-refractivity contribution in [3.63, 3.8) is 0 Å². The number of benzene rings is 1. The van der Waals surface area contributed by atoms with Gasteiger partial charge in [-0.15, -0.1) is 0 Å². The summed E-state index contributed by atoms with van der Waals surface area (Å²) in [4.78, 5) is 25.1. The standard InChI is InChI=1S/C15H20N2O3/c1-15(2)10-13(18)17(14(15)19)7-4-8-20-12-6-3-5-11(16)9-12/h3,5-6,9H,4,7-8,10,16H2,1-2H3. The molecule has 0 aliphatic carbocycles. The molecule has 2 rings (SSSR count). The second-order valence-corrected chi connectivity index (χ2v) is 5.69. The van der Waals surface area contributed by atoms with Crippen LogP contribution in [-0.2, 0) is 9.59 Å². The molecular weight excluding hydrogens is 256 g/mol. The Morgan fingerprint density at radius 1 is 1.35 bits per heavy atom. The van der Waals surface area contributed by atoms with Crippen LogP contribution in [0.1, 0.15) is 26.7 Å². The Morgan fingerprint density at radius 2 is 2.10 bits per heavy atom. The maximum absolute atomic E-state index is 12.0. The first kappa shape index (κ1) is 14.4. The third kappa shape index (κ3) is 3.10. The van der Waals surface area contributed by atoms with Gasteiger partial charge in [0.25, 0.3) is 0 Å². The van der Waals surface area contributed by atoms with E-state index in [0.29, 0.717) is 37.4 Å². The second-order valence-electron chi connectivity index (χ2n) is 5.69. The molecule has 0 aromatic heterocycles. The molecule has 1 aliphatic rings. The predicted molar refractivity (Wildman–Crippen MR) is 76.1 cm³/mol. The van der Waals surface area contributed by atoms with Gasteiger partial charge in [-0.3, -0.25) is 14.5 Å². The topological polar surface area (TPSA) is 72.6 Å². The number of likely N-dealkylation sites (tertiary alicyclic amines) is 1. The van der Waals surface area contributed by atoms with Gasteiger partial charge in [-0.2, -0.15) is 0 Å². The number of anilines is 1. The number of imide groups is 1. The monoisotopic (exact) mass is 276 g/mol. The Balaban J connectivity index is 1.79. The number of amides is 2. The molecule has 20 heavy (non-hydrogen) atoms. The van der Waals surface area contributed by atoms with E-state index in [-0.39, 0.29) is 11.8 Å². The molecule has 0 spiro atoms. The molecule has 0 atom stereocenters. The molecule has 0 radical (unpaired) electrons. The van der Waals surface area contributed by atoms with Crippen molar-refractivity contribution in [2.45, 2.75) is 26.7 Å². The van der Waals surface area contributed by atoms with Crippen molar-refractivity contribution in [1.82, 2.24) is 4.90 Å². The van der Waals surface area contributed by atoms with E-state index >= 15 is 0 Å². The lowest BCUT2D eigenvalue weighted by molar-refractivity contribution is -0.140. The maximum Gasteiger partial charge on any atom is 0.235 e. The van der Waals surface area contributed by atoms with Crippen molar-refractivity contribution in [3.8, 4) is 5.75 Å². The lowest BCUT2D eigenvalue weighted by Crippen LogP contribution is -2.34. The molecule has 1 aromatic carbocycles. The summed E-state index contributed by atoms with van der Waals surface area (Å²) >= 11 is 0. The third-order valence-electron chi connectivity index (χ3n) is 3.37. The van der Waals surface area contributed by atoms with Crippen molar-refractivity contribution in [3.05, 3.63) is 24.3 Å². The molecule has 0 bridgehead atoms. The number of nitrogen functional groups attached to an aromatic ring is 1. The summed E-state index contributed by atoms with van der Waals surface area (Å²) in [7, 11) is 0. The molecule has 1 heterocycles. The number of carbonyl (C=O) groups excluding carboxylic acids is 2. The van der Waals surface area contributed by atoms with E-state index < -0.39 is 5.41 Å². The van der Waals surface area contributed by atoms with Gasteiger partial charge in [0.1, 0.15) is 5.75 Å². The zero-order valence-electron chi connectivity index (χ0n) is 11.9. The summed E-state index contributed by atoms with van der Waals surface area (Å²) in [5.41, 5.74) is 5.73. The predicted octanol–water partition coefficient (Wildman–Crippen LogP) is 1.82. The molecule has 5 heteroatoms. The molecule has 0 saturated carbocycles. The van der Waals surface area contributed by atoms with E-state index in [4.69, 9.17) is 10.5 Å². The van der Waals surface area contributed by atoms with Crippen molar-refractivity contribution >= 4 is 17.5 Å². The molecule has 0 unspecified atom stereocenters. The van der Waals surface area contributed by atoms with Crippen LogP contribution in [-0.4, -0.2) is 29.9 Å². The van der Waals surface area contributed by atoms with Crippen LogP contribution in [0.15, 0.2) is 24.3 Å². The van der Waals surface area contributed by atoms with Gasteiger partial charge in [0, 0.05) is 24.7 Å². The molecule has 1 aliphatic heterocycles. The number of hydrogen-bond donors (Lipinski definition) is 1. The molecule has 108 valence electrons. The van der Waals surface area contributed by atoms with Crippen LogP contribution in [0, 0.1) is 5.41 Å². The molecule has 1 aromatic rings. The highest BCUT2D eigenvalue weighted by Crippen LogP contribution is 2.31. The van der Waals surface area contributed by atoms with E-state index in [1.54, 1.807) is 26.0 Å². The van der Waals surface area contributed by atoms with Crippen LogP contribution >= 0.6 is 0 Å². The summed E-state index contributed by atoms with van der Waals surface area (Å²) in [6, 6.07) is 7.18. The van der Waals surface area contributed by atoms with Crippen molar-refractivity contribution in [2.24, 2.45) is 5.41 Å². The van der Waals surface area contributed by atoms with Gasteiger partial charge in [0.05, 0.1) is 12.0 Å². The summed E-state index contributed by atoms with van der Waals surface area (Å²) in [6.07, 6.45) is 0.907. The number of ether oxygens (including phenoxy) is 1. The minimum atomic E-state index is -0.564. The van der Waals surface area contributed by atoms with Crippen LogP contribution in [0.2, 0.25) is 0 Å². The number of hydrogen-bond acceptors (Lipinski definition) is 4. The quantitative estimate of drug-likeness (QED) is 0.506. The van der Waals surface area contributed by atoms with Crippen LogP contribution in [0.4, 0.5) is 5.69 Å². The number of nitrogens with two attached hydrogens (primary N) is 1. The lowest BCUT2D eigenvalue weighted by Gasteiger charge is -2.17. The normalized spacial score (nSPS) is 17.6. The second kappa shape index (κ2) is 5.53. The van der Waals surface area contributed by atoms with Gasteiger partial charge in [0.15, 0.2) is 0 Å². The smallest absolute Gasteiger partial charge is 0.235 e. The van der Waals surface area contributed by atoms with Crippen molar-refractivity contribution < 1.29 is 14.3 Å². The fraction of sp³-hybridized carbons (Fsp3) is 0.467. The summed E-state index contributed by atoms with van der Waals surface area (Å²) in [6.45, 7) is 4.46. The van der Waals surface area contributed by atoms with Crippen LogP contribution < -0.4 is 10.5 Å².